The van der Waals surface area contributed by atoms with E-state index in [0.717, 1.165) is 0 Å². The number of aromatic nitrogens is 1. The van der Waals surface area contributed by atoms with Crippen LogP contribution in [0.5, 0.6) is 5.75 Å². The van der Waals surface area contributed by atoms with Crippen molar-refractivity contribution in [3.8, 4) is 5.75 Å². The first-order chi connectivity index (χ1) is 10.2. The van der Waals surface area contributed by atoms with E-state index < -0.39 is 0 Å². The van der Waals surface area contributed by atoms with Crippen molar-refractivity contribution in [2.24, 2.45) is 0 Å². The van der Waals surface area contributed by atoms with E-state index in [0.29, 0.717) is 22.0 Å². The van der Waals surface area contributed by atoms with Gasteiger partial charge in [0.1, 0.15) is 12.4 Å². The molecule has 110 valence electrons. The molecule has 0 spiro atoms. The highest BCUT2D eigenvalue weighted by molar-refractivity contribution is 6.31. The number of hydrogen-bond donors (Lipinski definition) is 1. The Balaban J connectivity index is 1.73. The number of esters is 1. The minimum absolute atomic E-state index is 0.119. The Hall–Kier alpha value is -2.27. The van der Waals surface area contributed by atoms with Crippen molar-refractivity contribution < 1.29 is 14.3 Å². The van der Waals surface area contributed by atoms with Crippen LogP contribution in [0.1, 0.15) is 12.0 Å². The molecule has 1 aromatic heterocycles. The minimum Gasteiger partial charge on any atom is -0.491 e. The van der Waals surface area contributed by atoms with Gasteiger partial charge in [0.25, 0.3) is 0 Å². The van der Waals surface area contributed by atoms with E-state index >= 15 is 0 Å². The van der Waals surface area contributed by atoms with Crippen molar-refractivity contribution in [1.82, 2.24) is 4.98 Å². The first-order valence-corrected chi connectivity index (χ1v) is 6.76. The number of halogens is 1. The summed E-state index contributed by atoms with van der Waals surface area (Å²) >= 11 is 5.92. The maximum atomic E-state index is 11.6. The van der Waals surface area contributed by atoms with Crippen molar-refractivity contribution in [2.75, 3.05) is 12.3 Å². The lowest BCUT2D eigenvalue weighted by atomic mass is 10.3. The first-order valence-electron chi connectivity index (χ1n) is 6.38. The third-order valence-corrected chi connectivity index (χ3v) is 3.07. The zero-order valence-electron chi connectivity index (χ0n) is 11.3. The molecule has 0 radical (unpaired) electrons. The predicted molar refractivity (Wildman–Crippen MR) is 80.0 cm³/mol. The fourth-order valence-electron chi connectivity index (χ4n) is 1.61. The van der Waals surface area contributed by atoms with Gasteiger partial charge in [-0.15, -0.1) is 0 Å². The van der Waals surface area contributed by atoms with Crippen LogP contribution in [-0.4, -0.2) is 17.6 Å². The van der Waals surface area contributed by atoms with Crippen LogP contribution in [0.25, 0.3) is 0 Å². The molecule has 0 unspecified atom stereocenters. The lowest BCUT2D eigenvalue weighted by Crippen LogP contribution is -2.10. The quantitative estimate of drug-likeness (QED) is 0.656. The number of carbonyl (C=O) groups is 1. The third-order valence-electron chi connectivity index (χ3n) is 2.73. The first kappa shape index (κ1) is 15.1. The molecular formula is C15H15ClN2O3. The van der Waals surface area contributed by atoms with Gasteiger partial charge in [0.2, 0.25) is 0 Å². The molecule has 0 bridgehead atoms. The summed E-state index contributed by atoms with van der Waals surface area (Å²) < 4.78 is 10.5. The monoisotopic (exact) mass is 306 g/mol. The fraction of sp³-hybridized carbons (Fsp3) is 0.200. The van der Waals surface area contributed by atoms with Crippen molar-refractivity contribution in [2.45, 2.75) is 13.0 Å². The summed E-state index contributed by atoms with van der Waals surface area (Å²) in [5.41, 5.74) is 6.98. The molecule has 1 aromatic carbocycles. The fourth-order valence-corrected chi connectivity index (χ4v) is 1.78. The van der Waals surface area contributed by atoms with E-state index in [2.05, 4.69) is 4.98 Å². The minimum atomic E-state index is -0.364. The number of benzene rings is 1. The van der Waals surface area contributed by atoms with Gasteiger partial charge in [-0.25, -0.2) is 0 Å². The average Bonchev–Trinajstić information content (AvgIpc) is 2.48. The summed E-state index contributed by atoms with van der Waals surface area (Å²) in [5, 5.41) is 0.471. The lowest BCUT2D eigenvalue weighted by molar-refractivity contribution is -0.145. The van der Waals surface area contributed by atoms with Crippen LogP contribution in [0, 0.1) is 0 Å². The standard InChI is InChI=1S/C15H15ClN2O3/c16-12-9-18-7-5-11(12)10-21-15(19)6-8-20-14-4-2-1-3-13(14)17/h1-5,7,9H,6,8,10,17H2. The van der Waals surface area contributed by atoms with Crippen LogP contribution in [0.4, 0.5) is 5.69 Å². The number of rotatable bonds is 6. The lowest BCUT2D eigenvalue weighted by Gasteiger charge is -2.09. The van der Waals surface area contributed by atoms with Crippen molar-refractivity contribution >= 4 is 23.3 Å². The van der Waals surface area contributed by atoms with E-state index in [1.807, 2.05) is 12.1 Å². The Labute approximate surface area is 127 Å². The average molecular weight is 307 g/mol. The number of nitrogen functional groups attached to an aromatic ring is 1. The Morgan fingerprint density at radius 2 is 2.10 bits per heavy atom. The summed E-state index contributed by atoms with van der Waals surface area (Å²) in [6, 6.07) is 8.82. The molecule has 21 heavy (non-hydrogen) atoms. The highest BCUT2D eigenvalue weighted by Crippen LogP contribution is 2.20. The van der Waals surface area contributed by atoms with E-state index in [1.165, 1.54) is 6.20 Å². The van der Waals surface area contributed by atoms with Crippen LogP contribution in [-0.2, 0) is 16.1 Å². The number of ether oxygens (including phenoxy) is 2. The molecule has 0 aliphatic carbocycles. The molecule has 0 saturated heterocycles. The van der Waals surface area contributed by atoms with Gasteiger partial charge in [0.05, 0.1) is 23.7 Å². The van der Waals surface area contributed by atoms with E-state index in [9.17, 15) is 4.79 Å². The maximum absolute atomic E-state index is 11.6. The molecule has 2 N–H and O–H groups in total. The summed E-state index contributed by atoms with van der Waals surface area (Å²) in [6.45, 7) is 0.324. The second-order valence-electron chi connectivity index (χ2n) is 4.26. The second kappa shape index (κ2) is 7.50. The molecule has 0 saturated carbocycles. The zero-order chi connectivity index (χ0) is 15.1. The number of pyridine rings is 1. The van der Waals surface area contributed by atoms with E-state index in [1.54, 1.807) is 24.4 Å². The molecule has 0 atom stereocenters. The van der Waals surface area contributed by atoms with Crippen molar-refractivity contribution in [1.29, 1.82) is 0 Å². The van der Waals surface area contributed by atoms with E-state index in [-0.39, 0.29) is 25.6 Å². The van der Waals surface area contributed by atoms with Gasteiger partial charge in [-0.2, -0.15) is 0 Å². The molecule has 0 fully saturated rings. The topological polar surface area (TPSA) is 74.4 Å². The summed E-state index contributed by atoms with van der Waals surface area (Å²) in [5.74, 6) is 0.194. The zero-order valence-corrected chi connectivity index (χ0v) is 12.0. The number of hydrogen-bond acceptors (Lipinski definition) is 5. The Morgan fingerprint density at radius 1 is 1.29 bits per heavy atom. The highest BCUT2D eigenvalue weighted by Gasteiger charge is 2.07. The second-order valence-corrected chi connectivity index (χ2v) is 4.67. The molecule has 1 heterocycles. The largest absolute Gasteiger partial charge is 0.491 e. The van der Waals surface area contributed by atoms with Gasteiger partial charge in [-0.3, -0.25) is 9.78 Å². The van der Waals surface area contributed by atoms with Gasteiger partial charge in [-0.1, -0.05) is 23.7 Å². The van der Waals surface area contributed by atoms with Crippen molar-refractivity contribution in [3.05, 3.63) is 53.3 Å². The van der Waals surface area contributed by atoms with Crippen LogP contribution < -0.4 is 10.5 Å². The Kier molecular flexibility index (Phi) is 5.40. The van der Waals surface area contributed by atoms with Gasteiger partial charge < -0.3 is 15.2 Å². The summed E-state index contributed by atoms with van der Waals surface area (Å²) in [6.07, 6.45) is 3.24. The normalized spacial score (nSPS) is 10.1. The third kappa shape index (κ3) is 4.65. The number of para-hydroxylation sites is 2. The van der Waals surface area contributed by atoms with Crippen LogP contribution in [0.15, 0.2) is 42.7 Å². The molecule has 2 aromatic rings. The Bertz CT molecular complexity index is 619. The predicted octanol–water partition coefficient (Wildman–Crippen LogP) is 2.83. The van der Waals surface area contributed by atoms with Gasteiger partial charge >= 0.3 is 5.97 Å². The number of carbonyl (C=O) groups excluding carboxylic acids is 1. The molecule has 5 nitrogen and oxygen atoms in total. The molecule has 0 aliphatic rings. The maximum Gasteiger partial charge on any atom is 0.309 e. The molecule has 0 aliphatic heterocycles. The van der Waals surface area contributed by atoms with Gasteiger partial charge in [-0.05, 0) is 18.2 Å². The number of nitrogens with zero attached hydrogens (tertiary/aromatic N) is 1. The SMILES string of the molecule is Nc1ccccc1OCCC(=O)OCc1ccncc1Cl. The van der Waals surface area contributed by atoms with Crippen molar-refractivity contribution in [3.63, 3.8) is 0 Å². The molecule has 2 rings (SSSR count). The highest BCUT2D eigenvalue weighted by atomic mass is 35.5. The van der Waals surface area contributed by atoms with Gasteiger partial charge in [0, 0.05) is 18.0 Å². The number of nitrogens with two attached hydrogens (primary N) is 1. The van der Waals surface area contributed by atoms with Crippen LogP contribution in [0.3, 0.4) is 0 Å². The van der Waals surface area contributed by atoms with Gasteiger partial charge in [0.15, 0.2) is 0 Å². The molecular weight excluding hydrogens is 292 g/mol. The molecule has 0 amide bonds. The van der Waals surface area contributed by atoms with Crippen LogP contribution >= 0.6 is 11.6 Å². The summed E-state index contributed by atoms with van der Waals surface area (Å²) in [7, 11) is 0. The smallest absolute Gasteiger partial charge is 0.309 e. The number of anilines is 1. The Morgan fingerprint density at radius 3 is 2.86 bits per heavy atom. The van der Waals surface area contributed by atoms with Crippen LogP contribution in [0.2, 0.25) is 5.02 Å². The summed E-state index contributed by atoms with van der Waals surface area (Å²) in [4.78, 5) is 15.5. The van der Waals surface area contributed by atoms with E-state index in [4.69, 9.17) is 26.8 Å². The molecule has 6 heteroatoms.